The first-order chi connectivity index (χ1) is 7.70. The van der Waals surface area contributed by atoms with Crippen LogP contribution < -0.4 is 4.74 Å². The molecule has 0 fully saturated rings. The number of hydrogen-bond acceptors (Lipinski definition) is 2. The largest absolute Gasteiger partial charge is 0.495 e. The van der Waals surface area contributed by atoms with E-state index in [4.69, 9.17) is 4.74 Å². The summed E-state index contributed by atoms with van der Waals surface area (Å²) in [4.78, 5) is 14.8. The molecule has 1 aliphatic carbocycles. The van der Waals surface area contributed by atoms with Crippen molar-refractivity contribution in [2.45, 2.75) is 19.8 Å². The van der Waals surface area contributed by atoms with Gasteiger partial charge in [0.2, 0.25) is 0 Å². The van der Waals surface area contributed by atoms with Crippen molar-refractivity contribution < 1.29 is 9.53 Å². The highest BCUT2D eigenvalue weighted by molar-refractivity contribution is 6.06. The van der Waals surface area contributed by atoms with E-state index in [9.17, 15) is 4.79 Å². The molecule has 1 aromatic heterocycles. The van der Waals surface area contributed by atoms with Crippen LogP contribution in [0.5, 0.6) is 5.75 Å². The molecular formula is C13H13NO2. The summed E-state index contributed by atoms with van der Waals surface area (Å²) in [6, 6.07) is 4.10. The number of hydrogen-bond donors (Lipinski definition) is 1. The Labute approximate surface area is 93.4 Å². The summed E-state index contributed by atoms with van der Waals surface area (Å²) in [5.74, 6) is 1.03. The van der Waals surface area contributed by atoms with Gasteiger partial charge in [-0.05, 0) is 36.6 Å². The predicted octanol–water partition coefficient (Wildman–Crippen LogP) is 2.61. The van der Waals surface area contributed by atoms with Crippen molar-refractivity contribution in [2.24, 2.45) is 0 Å². The summed E-state index contributed by atoms with van der Waals surface area (Å²) in [7, 11) is 1.65. The second-order valence-corrected chi connectivity index (χ2v) is 4.29. The standard InChI is InChI=1S/C13H13NO2/c1-7-5-9-8-3-4-10(15)12(8)14-13(9)11(6-7)16-2/h5-6,14H,3-4H2,1-2H3. The molecule has 0 amide bonds. The molecule has 0 saturated heterocycles. The SMILES string of the molecule is COc1cc(C)cc2c3c([nH]c12)C(=O)CC3. The first kappa shape index (κ1) is 9.46. The number of ketones is 1. The molecule has 0 aliphatic heterocycles. The van der Waals surface area contributed by atoms with Gasteiger partial charge >= 0.3 is 0 Å². The van der Waals surface area contributed by atoms with Gasteiger partial charge in [0.05, 0.1) is 18.3 Å². The lowest BCUT2D eigenvalue weighted by atomic mass is 10.1. The van der Waals surface area contributed by atoms with Crippen molar-refractivity contribution in [1.82, 2.24) is 4.98 Å². The molecular weight excluding hydrogens is 202 g/mol. The van der Waals surface area contributed by atoms with E-state index in [-0.39, 0.29) is 5.78 Å². The van der Waals surface area contributed by atoms with Crippen LogP contribution in [0, 0.1) is 6.92 Å². The summed E-state index contributed by atoms with van der Waals surface area (Å²) in [6.45, 7) is 2.04. The van der Waals surface area contributed by atoms with Gasteiger partial charge in [0.25, 0.3) is 0 Å². The number of fused-ring (bicyclic) bond motifs is 3. The molecule has 0 radical (unpaired) electrons. The fourth-order valence-corrected chi connectivity index (χ4v) is 2.48. The highest BCUT2D eigenvalue weighted by atomic mass is 16.5. The van der Waals surface area contributed by atoms with Crippen LogP contribution in [0.25, 0.3) is 10.9 Å². The van der Waals surface area contributed by atoms with E-state index in [0.29, 0.717) is 6.42 Å². The van der Waals surface area contributed by atoms with Crippen molar-refractivity contribution in [3.63, 3.8) is 0 Å². The Morgan fingerprint density at radius 3 is 2.88 bits per heavy atom. The number of aromatic nitrogens is 1. The van der Waals surface area contributed by atoms with Gasteiger partial charge in [0.1, 0.15) is 5.75 Å². The van der Waals surface area contributed by atoms with Crippen LogP contribution in [0.3, 0.4) is 0 Å². The Morgan fingerprint density at radius 1 is 1.31 bits per heavy atom. The number of Topliss-reactive ketones (excluding diaryl/α,β-unsaturated/α-hetero) is 1. The molecule has 0 saturated carbocycles. The fourth-order valence-electron chi connectivity index (χ4n) is 2.48. The first-order valence-electron chi connectivity index (χ1n) is 5.43. The van der Waals surface area contributed by atoms with Crippen LogP contribution in [0.1, 0.15) is 28.0 Å². The summed E-state index contributed by atoms with van der Waals surface area (Å²) in [5, 5.41) is 1.14. The van der Waals surface area contributed by atoms with Gasteiger partial charge in [0.15, 0.2) is 5.78 Å². The quantitative estimate of drug-likeness (QED) is 0.794. The maximum Gasteiger partial charge on any atom is 0.179 e. The number of methoxy groups -OCH3 is 1. The van der Waals surface area contributed by atoms with Crippen molar-refractivity contribution >= 4 is 16.7 Å². The highest BCUT2D eigenvalue weighted by Crippen LogP contribution is 2.35. The molecule has 3 nitrogen and oxygen atoms in total. The summed E-state index contributed by atoms with van der Waals surface area (Å²) >= 11 is 0. The van der Waals surface area contributed by atoms with Crippen LogP contribution >= 0.6 is 0 Å². The van der Waals surface area contributed by atoms with E-state index in [0.717, 1.165) is 39.9 Å². The van der Waals surface area contributed by atoms with Crippen LogP contribution in [0.2, 0.25) is 0 Å². The van der Waals surface area contributed by atoms with Crippen LogP contribution in [0.4, 0.5) is 0 Å². The summed E-state index contributed by atoms with van der Waals surface area (Å²) < 4.78 is 5.34. The van der Waals surface area contributed by atoms with E-state index in [1.54, 1.807) is 7.11 Å². The van der Waals surface area contributed by atoms with Gasteiger partial charge in [-0.15, -0.1) is 0 Å². The van der Waals surface area contributed by atoms with E-state index in [1.807, 2.05) is 13.0 Å². The molecule has 1 aliphatic rings. The average Bonchev–Trinajstić information content (AvgIpc) is 2.79. The Hall–Kier alpha value is -1.77. The number of nitrogens with one attached hydrogen (secondary N) is 1. The highest BCUT2D eigenvalue weighted by Gasteiger charge is 2.25. The molecule has 82 valence electrons. The number of benzene rings is 1. The van der Waals surface area contributed by atoms with Crippen molar-refractivity contribution in [3.05, 3.63) is 29.0 Å². The molecule has 0 atom stereocenters. The van der Waals surface area contributed by atoms with E-state index in [2.05, 4.69) is 11.1 Å². The number of ether oxygens (including phenoxy) is 1. The number of H-pyrrole nitrogens is 1. The van der Waals surface area contributed by atoms with Gasteiger partial charge in [-0.2, -0.15) is 0 Å². The Balaban J connectivity index is 2.40. The molecule has 2 aromatic rings. The molecule has 1 N–H and O–H groups in total. The Kier molecular flexibility index (Phi) is 1.84. The van der Waals surface area contributed by atoms with Gasteiger partial charge in [-0.25, -0.2) is 0 Å². The van der Waals surface area contributed by atoms with E-state index < -0.39 is 0 Å². The number of aromatic amines is 1. The van der Waals surface area contributed by atoms with Crippen molar-refractivity contribution in [2.75, 3.05) is 7.11 Å². The minimum absolute atomic E-state index is 0.214. The first-order valence-corrected chi connectivity index (χ1v) is 5.43. The second-order valence-electron chi connectivity index (χ2n) is 4.29. The third kappa shape index (κ3) is 1.11. The third-order valence-corrected chi connectivity index (χ3v) is 3.22. The number of carbonyl (C=O) groups excluding carboxylic acids is 1. The summed E-state index contributed by atoms with van der Waals surface area (Å²) in [5.41, 5.74) is 4.04. The Bertz CT molecular complexity index is 595. The van der Waals surface area contributed by atoms with Gasteiger partial charge in [-0.3, -0.25) is 4.79 Å². The zero-order valence-corrected chi connectivity index (χ0v) is 9.39. The lowest BCUT2D eigenvalue weighted by molar-refractivity contribution is 0.0991. The van der Waals surface area contributed by atoms with Crippen LogP contribution in [-0.2, 0) is 6.42 Å². The molecule has 1 aromatic carbocycles. The maximum atomic E-state index is 11.6. The number of rotatable bonds is 1. The monoisotopic (exact) mass is 215 g/mol. The van der Waals surface area contributed by atoms with Gasteiger partial charge < -0.3 is 9.72 Å². The average molecular weight is 215 g/mol. The fraction of sp³-hybridized carbons (Fsp3) is 0.308. The minimum atomic E-state index is 0.214. The van der Waals surface area contributed by atoms with Crippen LogP contribution in [0.15, 0.2) is 12.1 Å². The molecule has 3 heteroatoms. The number of carbonyl (C=O) groups is 1. The van der Waals surface area contributed by atoms with Crippen molar-refractivity contribution in [1.29, 1.82) is 0 Å². The Morgan fingerprint density at radius 2 is 2.12 bits per heavy atom. The molecule has 0 bridgehead atoms. The zero-order chi connectivity index (χ0) is 11.3. The molecule has 0 spiro atoms. The maximum absolute atomic E-state index is 11.6. The molecule has 1 heterocycles. The summed E-state index contributed by atoms with van der Waals surface area (Å²) in [6.07, 6.45) is 1.48. The zero-order valence-electron chi connectivity index (χ0n) is 9.39. The normalized spacial score (nSPS) is 14.5. The van der Waals surface area contributed by atoms with E-state index >= 15 is 0 Å². The lowest BCUT2D eigenvalue weighted by Crippen LogP contribution is -1.92. The second kappa shape index (κ2) is 3.11. The van der Waals surface area contributed by atoms with Gasteiger partial charge in [-0.1, -0.05) is 0 Å². The molecule has 16 heavy (non-hydrogen) atoms. The smallest absolute Gasteiger partial charge is 0.179 e. The van der Waals surface area contributed by atoms with Crippen LogP contribution in [-0.4, -0.2) is 17.9 Å². The molecule has 0 unspecified atom stereocenters. The number of aryl methyl sites for hydroxylation is 2. The third-order valence-electron chi connectivity index (χ3n) is 3.22. The predicted molar refractivity (Wildman–Crippen MR) is 62.2 cm³/mol. The minimum Gasteiger partial charge on any atom is -0.495 e. The van der Waals surface area contributed by atoms with Gasteiger partial charge in [0, 0.05) is 11.8 Å². The molecule has 3 rings (SSSR count). The van der Waals surface area contributed by atoms with Crippen molar-refractivity contribution in [3.8, 4) is 5.75 Å². The van der Waals surface area contributed by atoms with E-state index in [1.165, 1.54) is 0 Å². The lowest BCUT2D eigenvalue weighted by Gasteiger charge is -2.04. The topological polar surface area (TPSA) is 42.1 Å².